The van der Waals surface area contributed by atoms with Gasteiger partial charge < -0.3 is 16.5 Å². The molecule has 5 N–H and O–H groups in total. The molecule has 0 aliphatic carbocycles. The number of nitrogens with zero attached hydrogens (tertiary/aromatic N) is 2. The Kier molecular flexibility index (Phi) is 4.79. The molecule has 1 amide bonds. The summed E-state index contributed by atoms with van der Waals surface area (Å²) >= 11 is 0. The van der Waals surface area contributed by atoms with E-state index in [1.807, 2.05) is 0 Å². The molecule has 0 bridgehead atoms. The van der Waals surface area contributed by atoms with E-state index in [0.29, 0.717) is 11.4 Å². The van der Waals surface area contributed by atoms with Gasteiger partial charge in [-0.3, -0.25) is 4.79 Å². The van der Waals surface area contributed by atoms with Crippen LogP contribution in [0.25, 0.3) is 22.6 Å². The van der Waals surface area contributed by atoms with Gasteiger partial charge in [-0.15, -0.1) is 12.4 Å². The second kappa shape index (κ2) is 6.63. The molecule has 0 saturated heterocycles. The summed E-state index contributed by atoms with van der Waals surface area (Å²) in [5.74, 6) is -2.08. The van der Waals surface area contributed by atoms with Gasteiger partial charge in [0, 0.05) is 11.8 Å². The Morgan fingerprint density at radius 2 is 1.92 bits per heavy atom. The summed E-state index contributed by atoms with van der Waals surface area (Å²) < 4.78 is 27.4. The number of amides is 1. The molecule has 0 radical (unpaired) electrons. The summed E-state index contributed by atoms with van der Waals surface area (Å²) in [7, 11) is 0. The Morgan fingerprint density at radius 1 is 1.17 bits per heavy atom. The number of nitrogen functional groups attached to an aromatic ring is 1. The van der Waals surface area contributed by atoms with Crippen molar-refractivity contribution in [3.05, 3.63) is 53.7 Å². The molecule has 0 fully saturated rings. The Hall–Kier alpha value is -3.00. The Labute approximate surface area is 141 Å². The number of benzene rings is 1. The van der Waals surface area contributed by atoms with E-state index in [1.165, 1.54) is 12.3 Å². The summed E-state index contributed by atoms with van der Waals surface area (Å²) in [6, 6.07) is 5.89. The minimum Gasteiger partial charge on any atom is -0.368 e. The van der Waals surface area contributed by atoms with E-state index >= 15 is 0 Å². The van der Waals surface area contributed by atoms with Crippen LogP contribution in [-0.4, -0.2) is 20.9 Å². The molecule has 0 saturated carbocycles. The molecule has 24 heavy (non-hydrogen) atoms. The zero-order chi connectivity index (χ0) is 16.6. The summed E-state index contributed by atoms with van der Waals surface area (Å²) in [6.07, 6.45) is 1.44. The molecule has 6 nitrogen and oxygen atoms in total. The maximum Gasteiger partial charge on any atom is 0.250 e. The maximum atomic E-state index is 14.0. The van der Waals surface area contributed by atoms with Crippen LogP contribution in [0.2, 0.25) is 0 Å². The van der Waals surface area contributed by atoms with Gasteiger partial charge >= 0.3 is 0 Å². The fourth-order valence-corrected chi connectivity index (χ4v) is 2.21. The number of nitrogens with two attached hydrogens (primary N) is 2. The van der Waals surface area contributed by atoms with Crippen molar-refractivity contribution in [2.75, 3.05) is 5.73 Å². The van der Waals surface area contributed by atoms with Crippen LogP contribution in [0.1, 0.15) is 10.4 Å². The number of aromatic amines is 1. The van der Waals surface area contributed by atoms with Crippen molar-refractivity contribution in [2.24, 2.45) is 5.73 Å². The second-order valence-corrected chi connectivity index (χ2v) is 4.76. The number of rotatable bonds is 3. The van der Waals surface area contributed by atoms with Gasteiger partial charge in [-0.25, -0.2) is 18.7 Å². The van der Waals surface area contributed by atoms with Crippen LogP contribution in [0.3, 0.4) is 0 Å². The lowest BCUT2D eigenvalue weighted by Gasteiger charge is -2.04. The van der Waals surface area contributed by atoms with Crippen LogP contribution in [0.4, 0.5) is 14.7 Å². The lowest BCUT2D eigenvalue weighted by Crippen LogP contribution is -2.11. The molecule has 3 rings (SSSR count). The van der Waals surface area contributed by atoms with Crippen molar-refractivity contribution >= 4 is 24.3 Å². The summed E-state index contributed by atoms with van der Waals surface area (Å²) in [5.41, 5.74) is 11.6. The van der Waals surface area contributed by atoms with E-state index in [2.05, 4.69) is 15.0 Å². The topological polar surface area (TPSA) is 111 Å². The minimum atomic E-state index is -0.784. The van der Waals surface area contributed by atoms with Crippen molar-refractivity contribution in [2.45, 2.75) is 0 Å². The van der Waals surface area contributed by atoms with Crippen molar-refractivity contribution in [1.82, 2.24) is 15.0 Å². The van der Waals surface area contributed by atoms with Gasteiger partial charge in [-0.1, -0.05) is 0 Å². The highest BCUT2D eigenvalue weighted by atomic mass is 35.5. The third-order valence-corrected chi connectivity index (χ3v) is 3.23. The normalized spacial score (nSPS) is 10.2. The standard InChI is InChI=1S/C15H11F2N5O.ClH/c16-7-1-2-10(17)8(5-7)13-9(14(18)23)6-12(21-13)11-3-4-20-15(19)22-11;/h1-6,21H,(H2,18,23)(H2,19,20,22);1H. The Morgan fingerprint density at radius 3 is 2.58 bits per heavy atom. The molecule has 9 heteroatoms. The van der Waals surface area contributed by atoms with E-state index in [4.69, 9.17) is 11.5 Å². The number of carbonyl (C=O) groups excluding carboxylic acids is 1. The lowest BCUT2D eigenvalue weighted by atomic mass is 10.1. The second-order valence-electron chi connectivity index (χ2n) is 4.76. The van der Waals surface area contributed by atoms with Gasteiger partial charge in [-0.05, 0) is 30.3 Å². The van der Waals surface area contributed by atoms with Crippen LogP contribution < -0.4 is 11.5 Å². The van der Waals surface area contributed by atoms with Gasteiger partial charge in [0.25, 0.3) is 5.91 Å². The number of nitrogens with one attached hydrogen (secondary N) is 1. The molecular formula is C15H12ClF2N5O. The van der Waals surface area contributed by atoms with Crippen LogP contribution in [0, 0.1) is 11.6 Å². The number of primary amides is 1. The first kappa shape index (κ1) is 17.4. The van der Waals surface area contributed by atoms with E-state index in [9.17, 15) is 13.6 Å². The van der Waals surface area contributed by atoms with Crippen LogP contribution in [0.5, 0.6) is 0 Å². The maximum absolute atomic E-state index is 14.0. The third kappa shape index (κ3) is 3.18. The van der Waals surface area contributed by atoms with Crippen LogP contribution >= 0.6 is 12.4 Å². The zero-order valence-electron chi connectivity index (χ0n) is 12.1. The Balaban J connectivity index is 0.00000208. The van der Waals surface area contributed by atoms with Gasteiger partial charge in [0.15, 0.2) is 0 Å². The van der Waals surface area contributed by atoms with Crippen LogP contribution in [0.15, 0.2) is 36.5 Å². The number of aromatic nitrogens is 3. The largest absolute Gasteiger partial charge is 0.368 e. The highest BCUT2D eigenvalue weighted by molar-refractivity contribution is 6.00. The van der Waals surface area contributed by atoms with Crippen LogP contribution in [-0.2, 0) is 0 Å². The van der Waals surface area contributed by atoms with Gasteiger partial charge in [0.05, 0.1) is 22.6 Å². The monoisotopic (exact) mass is 351 g/mol. The smallest absolute Gasteiger partial charge is 0.250 e. The molecule has 1 aromatic carbocycles. The first-order valence-electron chi connectivity index (χ1n) is 6.53. The van der Waals surface area contributed by atoms with Gasteiger partial charge in [0.2, 0.25) is 5.95 Å². The number of H-pyrrole nitrogens is 1. The first-order chi connectivity index (χ1) is 11.0. The Bertz CT molecular complexity index is 913. The molecule has 2 aromatic heterocycles. The fourth-order valence-electron chi connectivity index (χ4n) is 2.21. The first-order valence-corrected chi connectivity index (χ1v) is 6.53. The zero-order valence-corrected chi connectivity index (χ0v) is 12.9. The van der Waals surface area contributed by atoms with E-state index in [0.717, 1.165) is 18.2 Å². The average Bonchev–Trinajstić information content (AvgIpc) is 2.95. The number of carbonyl (C=O) groups is 1. The highest BCUT2D eigenvalue weighted by Gasteiger charge is 2.19. The molecule has 124 valence electrons. The molecule has 0 spiro atoms. The number of halogens is 3. The predicted molar refractivity (Wildman–Crippen MR) is 87.3 cm³/mol. The van der Waals surface area contributed by atoms with Gasteiger partial charge in [-0.2, -0.15) is 0 Å². The van der Waals surface area contributed by atoms with Crippen molar-refractivity contribution in [3.63, 3.8) is 0 Å². The molecule has 0 aliphatic heterocycles. The van der Waals surface area contributed by atoms with E-state index in [1.54, 1.807) is 6.07 Å². The summed E-state index contributed by atoms with van der Waals surface area (Å²) in [4.78, 5) is 22.2. The van der Waals surface area contributed by atoms with Crippen molar-refractivity contribution in [3.8, 4) is 22.6 Å². The SMILES string of the molecule is Cl.NC(=O)c1cc(-c2ccnc(N)n2)[nH]c1-c1cc(F)ccc1F. The number of anilines is 1. The predicted octanol–water partition coefficient (Wildman–Crippen LogP) is 2.52. The van der Waals surface area contributed by atoms with E-state index in [-0.39, 0.29) is 35.2 Å². The molecule has 2 heterocycles. The number of hydrogen-bond donors (Lipinski definition) is 3. The molecule has 3 aromatic rings. The summed E-state index contributed by atoms with van der Waals surface area (Å²) in [6.45, 7) is 0. The fraction of sp³-hybridized carbons (Fsp3) is 0. The quantitative estimate of drug-likeness (QED) is 0.673. The molecule has 0 aliphatic rings. The number of hydrogen-bond acceptors (Lipinski definition) is 4. The third-order valence-electron chi connectivity index (χ3n) is 3.23. The highest BCUT2D eigenvalue weighted by Crippen LogP contribution is 2.30. The minimum absolute atomic E-state index is 0. The molecule has 0 atom stereocenters. The van der Waals surface area contributed by atoms with Gasteiger partial charge in [0.1, 0.15) is 11.6 Å². The summed E-state index contributed by atoms with van der Waals surface area (Å²) in [5, 5.41) is 0. The van der Waals surface area contributed by atoms with E-state index < -0.39 is 17.5 Å². The molecule has 0 unspecified atom stereocenters. The lowest BCUT2D eigenvalue weighted by molar-refractivity contribution is 0.100. The average molecular weight is 352 g/mol. The van der Waals surface area contributed by atoms with Crippen molar-refractivity contribution in [1.29, 1.82) is 0 Å². The van der Waals surface area contributed by atoms with Crippen molar-refractivity contribution < 1.29 is 13.6 Å². The molecular weight excluding hydrogens is 340 g/mol.